The molecule has 0 aliphatic rings. The molecule has 98 valence electrons. The first-order valence-corrected chi connectivity index (χ1v) is 6.08. The largest absolute Gasteiger partial charge is 0.406 e. The van der Waals surface area contributed by atoms with E-state index < -0.39 is 5.97 Å². The summed E-state index contributed by atoms with van der Waals surface area (Å²) in [5, 5.41) is 10.1. The molecule has 0 bridgehead atoms. The summed E-state index contributed by atoms with van der Waals surface area (Å²) in [7, 11) is 1.92. The fourth-order valence-corrected chi connectivity index (χ4v) is 2.33. The number of aryl methyl sites for hydroxylation is 1. The van der Waals surface area contributed by atoms with E-state index in [1.54, 1.807) is 6.07 Å². The van der Waals surface area contributed by atoms with Gasteiger partial charge in [0.1, 0.15) is 17.1 Å². The fourth-order valence-electron chi connectivity index (χ4n) is 2.33. The Morgan fingerprint density at radius 2 is 2.10 bits per heavy atom. The molecule has 0 unspecified atom stereocenters. The van der Waals surface area contributed by atoms with Gasteiger partial charge in [0, 0.05) is 19.4 Å². The predicted octanol–water partition coefficient (Wildman–Crippen LogP) is 2.52. The summed E-state index contributed by atoms with van der Waals surface area (Å²) < 4.78 is 6.99. The Morgan fingerprint density at radius 3 is 2.80 bits per heavy atom. The van der Waals surface area contributed by atoms with Gasteiger partial charge in [0.2, 0.25) is 5.88 Å². The molecule has 0 radical (unpaired) electrons. The number of pyridine rings is 1. The fraction of sp³-hybridized carbons (Fsp3) is 0.133. The molecule has 2 aromatic heterocycles. The molecule has 0 amide bonds. The summed E-state index contributed by atoms with van der Waals surface area (Å²) in [6.45, 7) is 1.29. The van der Waals surface area contributed by atoms with Crippen LogP contribution in [0.5, 0.6) is 5.88 Å². The van der Waals surface area contributed by atoms with Crippen LogP contribution in [0.3, 0.4) is 0 Å². The van der Waals surface area contributed by atoms with Gasteiger partial charge in [0.05, 0.1) is 11.0 Å². The second-order valence-electron chi connectivity index (χ2n) is 4.49. The van der Waals surface area contributed by atoms with E-state index in [0.29, 0.717) is 0 Å². The van der Waals surface area contributed by atoms with Crippen molar-refractivity contribution in [2.75, 3.05) is 0 Å². The van der Waals surface area contributed by atoms with Gasteiger partial charge in [-0.2, -0.15) is 5.26 Å². The highest BCUT2D eigenvalue weighted by Crippen LogP contribution is 2.30. The summed E-state index contributed by atoms with van der Waals surface area (Å²) in [6, 6.07) is 11.5. The summed E-state index contributed by atoms with van der Waals surface area (Å²) >= 11 is 0. The number of carbonyl (C=O) groups is 1. The molecule has 5 nitrogen and oxygen atoms in total. The van der Waals surface area contributed by atoms with Crippen LogP contribution in [0.1, 0.15) is 12.5 Å². The van der Waals surface area contributed by atoms with E-state index in [9.17, 15) is 4.79 Å². The van der Waals surface area contributed by atoms with E-state index >= 15 is 0 Å². The molecule has 0 fully saturated rings. The number of benzene rings is 1. The van der Waals surface area contributed by atoms with Crippen molar-refractivity contribution in [1.82, 2.24) is 9.55 Å². The summed E-state index contributed by atoms with van der Waals surface area (Å²) in [6.07, 6.45) is 0. The number of para-hydroxylation sites is 1. The van der Waals surface area contributed by atoms with Crippen molar-refractivity contribution in [3.8, 4) is 11.9 Å². The van der Waals surface area contributed by atoms with E-state index in [-0.39, 0.29) is 11.4 Å². The van der Waals surface area contributed by atoms with Crippen molar-refractivity contribution >= 4 is 27.9 Å². The highest BCUT2D eigenvalue weighted by atomic mass is 16.5. The summed E-state index contributed by atoms with van der Waals surface area (Å²) in [4.78, 5) is 15.5. The molecule has 0 N–H and O–H groups in total. The number of ether oxygens (including phenoxy) is 1. The van der Waals surface area contributed by atoms with E-state index in [1.165, 1.54) is 6.92 Å². The van der Waals surface area contributed by atoms with Crippen molar-refractivity contribution in [3.05, 3.63) is 35.9 Å². The van der Waals surface area contributed by atoms with Gasteiger partial charge in [-0.1, -0.05) is 18.2 Å². The molecule has 0 saturated carbocycles. The molecule has 1 aromatic carbocycles. The third-order valence-corrected chi connectivity index (χ3v) is 3.21. The SMILES string of the molecule is CC(=O)Oc1nc2c3ccccc3n(C)c2cc1C#N. The maximum absolute atomic E-state index is 11.1. The topological polar surface area (TPSA) is 67.9 Å². The average molecular weight is 265 g/mol. The molecule has 0 spiro atoms. The Balaban J connectivity index is 2.41. The van der Waals surface area contributed by atoms with Gasteiger partial charge in [0.15, 0.2) is 0 Å². The minimum Gasteiger partial charge on any atom is -0.406 e. The number of esters is 1. The van der Waals surface area contributed by atoms with Crippen LogP contribution in [0.25, 0.3) is 21.9 Å². The lowest BCUT2D eigenvalue weighted by atomic mass is 10.2. The average Bonchev–Trinajstić information content (AvgIpc) is 2.71. The van der Waals surface area contributed by atoms with Crippen molar-refractivity contribution in [1.29, 1.82) is 5.26 Å². The first kappa shape index (κ1) is 12.2. The van der Waals surface area contributed by atoms with Gasteiger partial charge >= 0.3 is 5.97 Å². The molecule has 5 heteroatoms. The lowest BCUT2D eigenvalue weighted by molar-refractivity contribution is -0.132. The van der Waals surface area contributed by atoms with Crippen LogP contribution in [0.15, 0.2) is 30.3 Å². The van der Waals surface area contributed by atoms with Gasteiger partial charge in [0.25, 0.3) is 0 Å². The quantitative estimate of drug-likeness (QED) is 0.634. The van der Waals surface area contributed by atoms with Crippen LogP contribution in [-0.4, -0.2) is 15.5 Å². The molecule has 0 saturated heterocycles. The Labute approximate surface area is 115 Å². The van der Waals surface area contributed by atoms with Crippen LogP contribution in [-0.2, 0) is 11.8 Å². The van der Waals surface area contributed by atoms with Crippen molar-refractivity contribution in [2.24, 2.45) is 7.05 Å². The van der Waals surface area contributed by atoms with E-state index in [1.807, 2.05) is 41.9 Å². The molecular formula is C15H11N3O2. The standard InChI is InChI=1S/C15H11N3O2/c1-9(19)20-15-10(8-16)7-13-14(17-15)11-5-3-4-6-12(11)18(13)2/h3-7H,1-2H3. The van der Waals surface area contributed by atoms with E-state index in [0.717, 1.165) is 21.9 Å². The normalized spacial score (nSPS) is 10.7. The van der Waals surface area contributed by atoms with Crippen LogP contribution >= 0.6 is 0 Å². The number of nitrogens with zero attached hydrogens (tertiary/aromatic N) is 3. The van der Waals surface area contributed by atoms with Crippen molar-refractivity contribution < 1.29 is 9.53 Å². The van der Waals surface area contributed by atoms with E-state index in [4.69, 9.17) is 10.00 Å². The lowest BCUT2D eigenvalue weighted by Gasteiger charge is -2.03. The highest BCUT2D eigenvalue weighted by Gasteiger charge is 2.15. The maximum atomic E-state index is 11.1. The summed E-state index contributed by atoms with van der Waals surface area (Å²) in [5.41, 5.74) is 2.81. The minimum absolute atomic E-state index is 0.0591. The van der Waals surface area contributed by atoms with Crippen LogP contribution in [0.4, 0.5) is 0 Å². The monoisotopic (exact) mass is 265 g/mol. The van der Waals surface area contributed by atoms with Gasteiger partial charge in [-0.3, -0.25) is 4.79 Å². The Morgan fingerprint density at radius 1 is 1.35 bits per heavy atom. The molecule has 2 heterocycles. The zero-order valence-electron chi connectivity index (χ0n) is 11.0. The van der Waals surface area contributed by atoms with Gasteiger partial charge in [-0.05, 0) is 12.1 Å². The minimum atomic E-state index is -0.492. The molecule has 0 atom stereocenters. The number of hydrogen-bond donors (Lipinski definition) is 0. The highest BCUT2D eigenvalue weighted by molar-refractivity contribution is 6.06. The molecule has 3 rings (SSSR count). The maximum Gasteiger partial charge on any atom is 0.309 e. The van der Waals surface area contributed by atoms with Gasteiger partial charge in [-0.15, -0.1) is 0 Å². The second-order valence-corrected chi connectivity index (χ2v) is 4.49. The molecule has 0 aliphatic heterocycles. The smallest absolute Gasteiger partial charge is 0.309 e. The Kier molecular flexibility index (Phi) is 2.65. The predicted molar refractivity (Wildman–Crippen MR) is 74.2 cm³/mol. The second kappa shape index (κ2) is 4.35. The van der Waals surface area contributed by atoms with Crippen LogP contribution in [0, 0.1) is 11.3 Å². The third kappa shape index (κ3) is 1.70. The lowest BCUT2D eigenvalue weighted by Crippen LogP contribution is -2.05. The third-order valence-electron chi connectivity index (χ3n) is 3.21. The zero-order valence-corrected chi connectivity index (χ0v) is 11.0. The Hall–Kier alpha value is -2.87. The van der Waals surface area contributed by atoms with Gasteiger partial charge in [-0.25, -0.2) is 4.98 Å². The van der Waals surface area contributed by atoms with Gasteiger partial charge < -0.3 is 9.30 Å². The first-order valence-electron chi connectivity index (χ1n) is 6.08. The van der Waals surface area contributed by atoms with Crippen LogP contribution in [0.2, 0.25) is 0 Å². The van der Waals surface area contributed by atoms with Crippen molar-refractivity contribution in [2.45, 2.75) is 6.92 Å². The van der Waals surface area contributed by atoms with Crippen LogP contribution < -0.4 is 4.74 Å². The molecule has 20 heavy (non-hydrogen) atoms. The molecule has 3 aromatic rings. The van der Waals surface area contributed by atoms with E-state index in [2.05, 4.69) is 4.98 Å². The first-order chi connectivity index (χ1) is 9.61. The molecule has 0 aliphatic carbocycles. The number of aromatic nitrogens is 2. The summed E-state index contributed by atoms with van der Waals surface area (Å²) in [5.74, 6) is -0.433. The number of nitriles is 1. The number of rotatable bonds is 1. The number of carbonyl (C=O) groups excluding carboxylic acids is 1. The molecular weight excluding hydrogens is 254 g/mol. The van der Waals surface area contributed by atoms with Crippen molar-refractivity contribution in [3.63, 3.8) is 0 Å². The number of hydrogen-bond acceptors (Lipinski definition) is 4. The zero-order chi connectivity index (χ0) is 14.3. The number of fused-ring (bicyclic) bond motifs is 3. The Bertz CT molecular complexity index is 887.